The molecule has 0 saturated heterocycles. The standard InChI is InChI=1S/C40H54N2P2Si2/c1-38(2,3)44(39(4,5)6)27-30-25-34(45(7,8)9)35(46(10,11)12)26-31(30)40(43,36-23-21-28-17-13-15-19-32(28)41-36)37-24-22-29-18-14-16-20-33(29)42-37/h13-26H,27,43H2,1-12H3. The van der Waals surface area contributed by atoms with Crippen LogP contribution in [0.4, 0.5) is 0 Å². The van der Waals surface area contributed by atoms with Crippen LogP contribution < -0.4 is 10.4 Å². The number of para-hydroxylation sites is 2. The number of aromatic nitrogens is 2. The predicted molar refractivity (Wildman–Crippen MR) is 216 cm³/mol. The van der Waals surface area contributed by atoms with Gasteiger partial charge in [-0.3, -0.25) is 9.97 Å². The zero-order valence-corrected chi connectivity index (χ0v) is 34.3. The summed E-state index contributed by atoms with van der Waals surface area (Å²) in [6.07, 6.45) is 1.07. The van der Waals surface area contributed by atoms with E-state index in [1.807, 2.05) is 0 Å². The lowest BCUT2D eigenvalue weighted by molar-refractivity contribution is 0.701. The zero-order chi connectivity index (χ0) is 33.9. The van der Waals surface area contributed by atoms with Crippen molar-refractivity contribution in [2.75, 3.05) is 0 Å². The van der Waals surface area contributed by atoms with Crippen molar-refractivity contribution in [1.29, 1.82) is 0 Å². The van der Waals surface area contributed by atoms with Crippen LogP contribution in [0.2, 0.25) is 39.3 Å². The van der Waals surface area contributed by atoms with Crippen molar-refractivity contribution in [3.8, 4) is 0 Å². The molecule has 0 bridgehead atoms. The van der Waals surface area contributed by atoms with Crippen LogP contribution in [0.5, 0.6) is 0 Å². The maximum absolute atomic E-state index is 5.43. The first-order chi connectivity index (χ1) is 21.2. The third kappa shape index (κ3) is 6.98. The Hall–Kier alpha value is -2.23. The quantitative estimate of drug-likeness (QED) is 0.126. The van der Waals surface area contributed by atoms with E-state index in [1.54, 1.807) is 10.4 Å². The Balaban J connectivity index is 1.93. The zero-order valence-electron chi connectivity index (χ0n) is 30.2. The smallest absolute Gasteiger partial charge is 0.0936 e. The fourth-order valence-corrected chi connectivity index (χ4v) is 16.4. The van der Waals surface area contributed by atoms with Gasteiger partial charge in [0.1, 0.15) is 0 Å². The molecule has 2 nitrogen and oxygen atoms in total. The normalized spacial score (nSPS) is 13.6. The summed E-state index contributed by atoms with van der Waals surface area (Å²) in [7, 11) is -0.453. The van der Waals surface area contributed by atoms with Crippen LogP contribution in [0.3, 0.4) is 0 Å². The minimum Gasteiger partial charge on any atom is -0.251 e. The number of hydrogen-bond donors (Lipinski definition) is 0. The first-order valence-electron chi connectivity index (χ1n) is 16.7. The lowest BCUT2D eigenvalue weighted by atomic mass is 9.86. The second kappa shape index (κ2) is 12.3. The average molecular weight is 681 g/mol. The minimum absolute atomic E-state index is 0.202. The van der Waals surface area contributed by atoms with Crippen LogP contribution in [-0.4, -0.2) is 36.4 Å². The van der Waals surface area contributed by atoms with Gasteiger partial charge in [0, 0.05) is 10.8 Å². The molecule has 0 aliphatic carbocycles. The Morgan fingerprint density at radius 2 is 1.00 bits per heavy atom. The third-order valence-electron chi connectivity index (χ3n) is 9.24. The molecular formula is C40H54N2P2Si2. The van der Waals surface area contributed by atoms with E-state index >= 15 is 0 Å². The Kier molecular flexibility index (Phi) is 9.41. The van der Waals surface area contributed by atoms with Crippen LogP contribution in [0, 0.1) is 0 Å². The molecule has 242 valence electrons. The van der Waals surface area contributed by atoms with Crippen LogP contribution in [-0.2, 0) is 11.3 Å². The van der Waals surface area contributed by atoms with Gasteiger partial charge in [-0.2, -0.15) is 0 Å². The molecule has 0 N–H and O–H groups in total. The summed E-state index contributed by atoms with van der Waals surface area (Å²) < 4.78 is 0. The lowest BCUT2D eigenvalue weighted by Gasteiger charge is -2.43. The predicted octanol–water partition coefficient (Wildman–Crippen LogP) is 10.6. The SMILES string of the molecule is CC(C)(C)P(Cc1cc([Si](C)(C)C)c([Si](C)(C)C)cc1C(P)(c1ccc2ccccc2n1)c1ccc2ccccc2n1)C(C)(C)C. The van der Waals surface area contributed by atoms with E-state index in [2.05, 4.69) is 175 Å². The van der Waals surface area contributed by atoms with Crippen molar-refractivity contribution in [3.05, 3.63) is 107 Å². The van der Waals surface area contributed by atoms with E-state index in [4.69, 9.17) is 9.97 Å². The van der Waals surface area contributed by atoms with Crippen LogP contribution in [0.1, 0.15) is 64.1 Å². The molecule has 0 spiro atoms. The monoisotopic (exact) mass is 680 g/mol. The maximum atomic E-state index is 5.43. The van der Waals surface area contributed by atoms with Crippen LogP contribution in [0.15, 0.2) is 84.9 Å². The van der Waals surface area contributed by atoms with E-state index in [0.29, 0.717) is 0 Å². The molecule has 2 aromatic heterocycles. The highest BCUT2D eigenvalue weighted by Crippen LogP contribution is 2.62. The largest absolute Gasteiger partial charge is 0.251 e. The Morgan fingerprint density at radius 3 is 1.41 bits per heavy atom. The third-order valence-corrected chi connectivity index (χ3v) is 18.3. The summed E-state index contributed by atoms with van der Waals surface area (Å²) in [5.41, 5.74) is 6.91. The topological polar surface area (TPSA) is 25.8 Å². The van der Waals surface area contributed by atoms with Gasteiger partial charge in [-0.25, -0.2) is 0 Å². The highest BCUT2D eigenvalue weighted by Gasteiger charge is 2.42. The molecule has 1 atom stereocenters. The molecule has 46 heavy (non-hydrogen) atoms. The summed E-state index contributed by atoms with van der Waals surface area (Å²) in [5, 5.41) is 5.31. The van der Waals surface area contributed by atoms with Crippen molar-refractivity contribution < 1.29 is 0 Å². The van der Waals surface area contributed by atoms with Crippen LogP contribution >= 0.6 is 17.2 Å². The van der Waals surface area contributed by atoms with E-state index < -0.39 is 21.3 Å². The molecule has 0 amide bonds. The van der Waals surface area contributed by atoms with E-state index in [-0.39, 0.29) is 18.2 Å². The van der Waals surface area contributed by atoms with Gasteiger partial charge in [0.2, 0.25) is 0 Å². The van der Waals surface area contributed by atoms with Gasteiger partial charge in [-0.15, -0.1) is 9.24 Å². The highest BCUT2D eigenvalue weighted by molar-refractivity contribution is 7.60. The van der Waals surface area contributed by atoms with Gasteiger partial charge in [0.05, 0.1) is 43.7 Å². The number of pyridine rings is 2. The molecular weight excluding hydrogens is 627 g/mol. The van der Waals surface area contributed by atoms with Crippen molar-refractivity contribution in [3.63, 3.8) is 0 Å². The molecule has 0 aliphatic heterocycles. The molecule has 0 radical (unpaired) electrons. The minimum atomic E-state index is -1.73. The Labute approximate surface area is 284 Å². The van der Waals surface area contributed by atoms with E-state index in [1.165, 1.54) is 11.1 Å². The maximum Gasteiger partial charge on any atom is 0.0936 e. The van der Waals surface area contributed by atoms with Crippen molar-refractivity contribution in [1.82, 2.24) is 9.97 Å². The second-order valence-corrected chi connectivity index (χ2v) is 31.9. The van der Waals surface area contributed by atoms with Gasteiger partial charge in [0.15, 0.2) is 0 Å². The Bertz CT molecular complexity index is 1800. The van der Waals surface area contributed by atoms with Crippen molar-refractivity contribution >= 4 is 65.5 Å². The molecule has 6 heteroatoms. The fraction of sp³-hybridized carbons (Fsp3) is 0.400. The highest BCUT2D eigenvalue weighted by atomic mass is 31.1. The molecule has 0 fully saturated rings. The fourth-order valence-electron chi connectivity index (χ4n) is 7.01. The van der Waals surface area contributed by atoms with Crippen molar-refractivity contribution in [2.24, 2.45) is 0 Å². The molecule has 2 heterocycles. The van der Waals surface area contributed by atoms with E-state index in [9.17, 15) is 0 Å². The summed E-state index contributed by atoms with van der Waals surface area (Å²) in [5.74, 6) is 0. The summed E-state index contributed by atoms with van der Waals surface area (Å²) in [6.45, 7) is 29.8. The number of nitrogens with zero attached hydrogens (tertiary/aromatic N) is 2. The first kappa shape index (κ1) is 35.1. The molecule has 0 saturated carbocycles. The van der Waals surface area contributed by atoms with E-state index in [0.717, 1.165) is 39.4 Å². The lowest BCUT2D eigenvalue weighted by Crippen LogP contribution is -2.57. The van der Waals surface area contributed by atoms with Gasteiger partial charge in [-0.1, -0.05) is 160 Å². The summed E-state index contributed by atoms with van der Waals surface area (Å²) in [6, 6.07) is 31.2. The summed E-state index contributed by atoms with van der Waals surface area (Å²) >= 11 is 0. The van der Waals surface area contributed by atoms with Gasteiger partial charge in [-0.05, 0) is 51.9 Å². The molecule has 3 aromatic carbocycles. The Morgan fingerprint density at radius 1 is 0.587 bits per heavy atom. The number of benzene rings is 3. The van der Waals surface area contributed by atoms with Gasteiger partial charge in [0.25, 0.3) is 0 Å². The molecule has 5 aromatic rings. The number of rotatable bonds is 7. The number of hydrogen-bond acceptors (Lipinski definition) is 2. The van der Waals surface area contributed by atoms with Gasteiger partial charge < -0.3 is 0 Å². The van der Waals surface area contributed by atoms with Crippen LogP contribution in [0.25, 0.3) is 21.8 Å². The second-order valence-electron chi connectivity index (χ2n) is 17.1. The van der Waals surface area contributed by atoms with Crippen molar-refractivity contribution in [2.45, 2.75) is 102 Å². The van der Waals surface area contributed by atoms with Gasteiger partial charge >= 0.3 is 0 Å². The number of fused-ring (bicyclic) bond motifs is 2. The first-order valence-corrected chi connectivity index (χ1v) is 25.8. The average Bonchev–Trinajstić information content (AvgIpc) is 2.96. The summed E-state index contributed by atoms with van der Waals surface area (Å²) in [4.78, 5) is 10.9. The molecule has 1 unspecified atom stereocenters. The molecule has 0 aliphatic rings. The molecule has 5 rings (SSSR count).